The van der Waals surface area contributed by atoms with E-state index < -0.39 is 119 Å². The summed E-state index contributed by atoms with van der Waals surface area (Å²) in [5.74, 6) is -19.7. The smallest absolute Gasteiger partial charge is 0.328 e. The van der Waals surface area contributed by atoms with Crippen molar-refractivity contribution in [3.05, 3.63) is 360 Å². The summed E-state index contributed by atoms with van der Waals surface area (Å²) in [6.45, 7) is 0. The maximum atomic E-state index is 13.7. The summed E-state index contributed by atoms with van der Waals surface area (Å²) < 4.78 is 0. The van der Waals surface area contributed by atoms with E-state index in [9.17, 15) is 118 Å². The average molecular weight is 1690 g/mol. The van der Waals surface area contributed by atoms with Gasteiger partial charge < -0.3 is 72.8 Å². The highest BCUT2D eigenvalue weighted by atomic mass is 16.4. The zero-order valence-corrected chi connectivity index (χ0v) is 65.7. The first-order valence-electron chi connectivity index (χ1n) is 37.6. The van der Waals surface area contributed by atoms with Crippen LogP contribution in [0.3, 0.4) is 0 Å². The number of carbonyl (C=O) groups is 16. The molecule has 0 heterocycles. The lowest BCUT2D eigenvalue weighted by Gasteiger charge is -2.24. The van der Waals surface area contributed by atoms with Crippen LogP contribution in [-0.2, 0) is 89.6 Å². The summed E-state index contributed by atoms with van der Waals surface area (Å²) in [6, 6.07) is 59.6. The molecule has 30 nitrogen and oxygen atoms in total. The van der Waals surface area contributed by atoms with Gasteiger partial charge in [-0.05, 0) is 140 Å². The van der Waals surface area contributed by atoms with Gasteiger partial charge >= 0.3 is 47.8 Å². The van der Waals surface area contributed by atoms with E-state index in [1.54, 1.807) is 158 Å². The lowest BCUT2D eigenvalue weighted by molar-refractivity contribution is -0.132. The fourth-order valence-electron chi connectivity index (χ4n) is 13.5. The predicted octanol–water partition coefficient (Wildman–Crippen LogP) is 13.4. The highest BCUT2D eigenvalue weighted by Gasteiger charge is 2.28. The van der Waals surface area contributed by atoms with Crippen LogP contribution in [0, 0.1) is 0 Å². The van der Waals surface area contributed by atoms with Crippen LogP contribution in [0.1, 0.15) is 56.3 Å². The Morgan fingerprint density at radius 3 is 0.651 bits per heavy atom. The lowest BCUT2D eigenvalue weighted by atomic mass is 9.80. The maximum Gasteiger partial charge on any atom is 0.328 e. The molecule has 0 saturated carbocycles. The summed E-state index contributed by atoms with van der Waals surface area (Å²) in [4.78, 5) is 201. The van der Waals surface area contributed by atoms with Crippen LogP contribution >= 0.6 is 0 Å². The first kappa shape index (κ1) is 90.4. The molecule has 0 unspecified atom stereocenters. The Hall–Kier alpha value is -18.0. The van der Waals surface area contributed by atoms with E-state index in [0.717, 1.165) is 48.6 Å². The zero-order valence-electron chi connectivity index (χ0n) is 65.7. The Labute approximate surface area is 715 Å². The monoisotopic (exact) mass is 1690 g/mol. The van der Waals surface area contributed by atoms with E-state index in [1.165, 1.54) is 36.4 Å². The number of aliphatic carboxylic acids is 8. The zero-order chi connectivity index (χ0) is 90.7. The fraction of sp³-hybridized carbons (Fsp3) is 0.0417. The van der Waals surface area contributed by atoms with Gasteiger partial charge in [-0.1, -0.05) is 158 Å². The van der Waals surface area contributed by atoms with Crippen molar-refractivity contribution >= 4 is 129 Å². The number of carboxylic acid groups (broad SMARTS) is 8. The van der Waals surface area contributed by atoms with Crippen molar-refractivity contribution in [3.8, 4) is 55.6 Å². The van der Waals surface area contributed by atoms with Gasteiger partial charge in [0.05, 0.1) is 0 Å². The Morgan fingerprint density at radius 2 is 0.405 bits per heavy atom. The molecule has 0 aliphatic carbocycles. The number of anilines is 6. The minimum Gasteiger partial charge on any atom is -0.478 e. The average Bonchev–Trinajstić information content (AvgIpc) is 0.767. The standard InChI is InChI=1S/C96H72N6O24/c103-65(31-41-87(111)112)49-59-25-27-61(51-71(59)67-9-1-5-13-75(67)97-81(105)35-43-89(115)116)95(62-28-26-60(50-66(104)32-42-88(113)114)72(52-62)68-10-2-6-14-76(68)98-82(106)36-44-90(117)118)57-21-17-55(18-22-57)56-19-23-58(24-20-56)96(63-29-33-79(101-85(109)39-47-93(123)124)73(53-63)69-11-3-7-15-77(69)99-83(107)37-45-91(119)120)64-30-34-80(102-86(110)40-48-94(125)126)74(54-64)70-12-4-8-16-78(70)100-84(108)38-46-92(121)122/h1-48,51-54,95-96H,49-50H2,(H,97,105)(H,98,106)(H,99,107)(H,100,108)(H,101,109)(H,102,110)(H,111,112)(H,113,114)(H,115,116)(H,117,118)(H,119,120)(H,121,122)(H,123,124)(H,125,126)/b41-31+,42-32+,43-35+,44-36+,45-37+,46-38+,47-39+,48-40+. The van der Waals surface area contributed by atoms with Crippen molar-refractivity contribution in [3.63, 3.8) is 0 Å². The number of rotatable bonds is 37. The summed E-state index contributed by atoms with van der Waals surface area (Å²) in [5, 5.41) is 91.9. The molecule has 0 spiro atoms. The number of carbonyl (C=O) groups excluding carboxylic acids is 8. The molecule has 126 heavy (non-hydrogen) atoms. The number of amides is 6. The SMILES string of the molecule is O=C(O)/C=C/C(=O)Cc1ccc(C(c2ccc(-c3ccc(C(c4ccc(NC(=O)/C=C/C(=O)O)c(-c5ccccc5NC(=O)/C=C/C(=O)O)c4)c4ccc(NC(=O)/C=C/C(=O)O)c(-c5ccccc5NC(=O)/C=C/C(=O)O)c4)cc3)cc2)c2ccc(CC(=O)/C=C/C(=O)O)c(-c3ccccc3NC(=O)/C=C/C(=O)O)c2)cc1-c1ccccc1NC(=O)/C=C/C(=O)O. The summed E-state index contributed by atoms with van der Waals surface area (Å²) in [6.07, 6.45) is 10.7. The van der Waals surface area contributed by atoms with Crippen LogP contribution in [0.5, 0.6) is 0 Å². The predicted molar refractivity (Wildman–Crippen MR) is 465 cm³/mol. The first-order valence-corrected chi connectivity index (χ1v) is 37.6. The second kappa shape index (κ2) is 42.6. The molecule has 0 aromatic heterocycles. The minimum absolute atomic E-state index is 0.0732. The third-order valence-electron chi connectivity index (χ3n) is 18.7. The molecule has 0 aliphatic heterocycles. The molecule has 0 fully saturated rings. The van der Waals surface area contributed by atoms with Gasteiger partial charge in [-0.2, -0.15) is 0 Å². The van der Waals surface area contributed by atoms with Gasteiger partial charge in [-0.25, -0.2) is 38.4 Å². The third-order valence-corrected chi connectivity index (χ3v) is 18.7. The van der Waals surface area contributed by atoms with Gasteiger partial charge in [0.15, 0.2) is 11.6 Å². The van der Waals surface area contributed by atoms with E-state index in [1.807, 2.05) is 24.3 Å². The molecule has 0 aliphatic rings. The van der Waals surface area contributed by atoms with E-state index >= 15 is 0 Å². The second-order valence-electron chi connectivity index (χ2n) is 27.3. The molecule has 10 aromatic rings. The van der Waals surface area contributed by atoms with Crippen molar-refractivity contribution < 1.29 is 118 Å². The number of hydrogen-bond acceptors (Lipinski definition) is 16. The van der Waals surface area contributed by atoms with Gasteiger partial charge in [-0.3, -0.25) is 38.4 Å². The van der Waals surface area contributed by atoms with Crippen molar-refractivity contribution in [1.82, 2.24) is 0 Å². The highest BCUT2D eigenvalue weighted by molar-refractivity contribution is 6.11. The number of nitrogens with one attached hydrogen (secondary N) is 6. The number of carboxylic acids is 8. The van der Waals surface area contributed by atoms with Crippen LogP contribution in [0.25, 0.3) is 55.6 Å². The summed E-state index contributed by atoms with van der Waals surface area (Å²) in [5.41, 5.74) is 7.65. The molecule has 6 amide bonds. The summed E-state index contributed by atoms with van der Waals surface area (Å²) in [7, 11) is 0. The molecular weight excluding hydrogens is 1620 g/mol. The Balaban J connectivity index is 1.20. The molecule has 0 atom stereocenters. The van der Waals surface area contributed by atoms with Gasteiger partial charge in [0.1, 0.15) is 0 Å². The second-order valence-corrected chi connectivity index (χ2v) is 27.3. The lowest BCUT2D eigenvalue weighted by Crippen LogP contribution is -2.13. The molecule has 10 rings (SSSR count). The number of benzene rings is 10. The first-order chi connectivity index (χ1) is 60.3. The van der Waals surface area contributed by atoms with Gasteiger partial charge in [0.25, 0.3) is 0 Å². The molecule has 10 aromatic carbocycles. The van der Waals surface area contributed by atoms with Gasteiger partial charge in [-0.15, -0.1) is 0 Å². The normalized spacial score (nSPS) is 11.4. The largest absolute Gasteiger partial charge is 0.478 e. The molecular formula is C96H72N6O24. The Bertz CT molecular complexity index is 5610. The van der Waals surface area contributed by atoms with E-state index in [4.69, 9.17) is 0 Å². The number of hydrogen-bond donors (Lipinski definition) is 14. The Morgan fingerprint density at radius 1 is 0.206 bits per heavy atom. The minimum atomic E-state index is -1.44. The van der Waals surface area contributed by atoms with Crippen LogP contribution in [0.15, 0.2) is 316 Å². The molecule has 14 N–H and O–H groups in total. The Kier molecular flexibility index (Phi) is 30.6. The maximum absolute atomic E-state index is 13.7. The van der Waals surface area contributed by atoms with E-state index in [-0.39, 0.29) is 56.4 Å². The molecule has 0 bridgehead atoms. The quantitative estimate of drug-likeness (QED) is 0.0127. The van der Waals surface area contributed by atoms with Crippen LogP contribution in [0.4, 0.5) is 34.1 Å². The number of allylic oxidation sites excluding steroid dienone is 2. The van der Waals surface area contributed by atoms with Crippen LogP contribution < -0.4 is 31.9 Å². The van der Waals surface area contributed by atoms with Gasteiger partial charge in [0, 0.05) is 177 Å². The van der Waals surface area contributed by atoms with E-state index in [0.29, 0.717) is 126 Å². The van der Waals surface area contributed by atoms with Crippen molar-refractivity contribution in [2.75, 3.05) is 31.9 Å². The van der Waals surface area contributed by atoms with Crippen LogP contribution in [-0.4, -0.2) is 136 Å². The van der Waals surface area contributed by atoms with Gasteiger partial charge in [0.2, 0.25) is 35.4 Å². The van der Waals surface area contributed by atoms with Crippen molar-refractivity contribution in [2.45, 2.75) is 24.7 Å². The third kappa shape index (κ3) is 25.5. The highest BCUT2D eigenvalue weighted by Crippen LogP contribution is 2.46. The molecule has 0 radical (unpaired) electrons. The number of ketones is 2. The van der Waals surface area contributed by atoms with E-state index in [2.05, 4.69) is 31.9 Å². The molecule has 630 valence electrons. The molecule has 30 heteroatoms. The molecule has 0 saturated heterocycles. The topological polar surface area (TPSA) is 507 Å². The fourth-order valence-corrected chi connectivity index (χ4v) is 13.5. The van der Waals surface area contributed by atoms with Crippen molar-refractivity contribution in [2.24, 2.45) is 0 Å². The van der Waals surface area contributed by atoms with Crippen molar-refractivity contribution in [1.29, 1.82) is 0 Å². The number of para-hydroxylation sites is 4. The van der Waals surface area contributed by atoms with Crippen LogP contribution in [0.2, 0.25) is 0 Å². The summed E-state index contributed by atoms with van der Waals surface area (Å²) >= 11 is 0.